The predicted molar refractivity (Wildman–Crippen MR) is 103 cm³/mol. The Bertz CT molecular complexity index is 202. The Labute approximate surface area is 146 Å². The van der Waals surface area contributed by atoms with Gasteiger partial charge in [-0.05, 0) is 40.0 Å². The summed E-state index contributed by atoms with van der Waals surface area (Å²) in [5, 5.41) is 0. The highest BCUT2D eigenvalue weighted by Gasteiger charge is 2.00. The summed E-state index contributed by atoms with van der Waals surface area (Å²) in [6, 6.07) is 0. The molecule has 0 spiro atoms. The molecule has 0 aliphatic heterocycles. The topological polar surface area (TPSA) is 15.7 Å². The van der Waals surface area contributed by atoms with Gasteiger partial charge in [0.25, 0.3) is 0 Å². The monoisotopic (exact) mass is 328 g/mol. The first-order chi connectivity index (χ1) is 11.2. The van der Waals surface area contributed by atoms with Crippen molar-refractivity contribution in [1.82, 2.24) is 9.80 Å². The summed E-state index contributed by atoms with van der Waals surface area (Å²) in [7, 11) is 4.43. The van der Waals surface area contributed by atoms with Crippen LogP contribution in [0.4, 0.5) is 0 Å². The molecular formula is C20H44N2O. The van der Waals surface area contributed by atoms with Crippen LogP contribution >= 0.6 is 0 Å². The molecule has 3 heteroatoms. The average Bonchev–Trinajstić information content (AvgIpc) is 2.54. The third-order valence-corrected chi connectivity index (χ3v) is 4.52. The van der Waals surface area contributed by atoms with Crippen molar-refractivity contribution in [2.45, 2.75) is 78.1 Å². The van der Waals surface area contributed by atoms with Crippen LogP contribution in [0.1, 0.15) is 78.1 Å². The van der Waals surface area contributed by atoms with Gasteiger partial charge in [0.2, 0.25) is 0 Å². The SMILES string of the molecule is CCCCCCCN(C)CCOCCN(C)CCCCCCC. The van der Waals surface area contributed by atoms with Crippen molar-refractivity contribution in [3.05, 3.63) is 0 Å². The molecule has 0 saturated heterocycles. The maximum atomic E-state index is 5.78. The molecule has 23 heavy (non-hydrogen) atoms. The van der Waals surface area contributed by atoms with Gasteiger partial charge in [0.15, 0.2) is 0 Å². The lowest BCUT2D eigenvalue weighted by molar-refractivity contribution is 0.0934. The quantitative estimate of drug-likeness (QED) is 0.336. The van der Waals surface area contributed by atoms with Crippen LogP contribution in [-0.4, -0.2) is 63.3 Å². The highest BCUT2D eigenvalue weighted by Crippen LogP contribution is 2.04. The lowest BCUT2D eigenvalue weighted by Gasteiger charge is -2.18. The molecule has 3 nitrogen and oxygen atoms in total. The van der Waals surface area contributed by atoms with Gasteiger partial charge in [-0.3, -0.25) is 0 Å². The Morgan fingerprint density at radius 2 is 0.913 bits per heavy atom. The van der Waals surface area contributed by atoms with Crippen LogP contribution in [-0.2, 0) is 4.74 Å². The minimum absolute atomic E-state index is 0.871. The number of likely N-dealkylation sites (N-methyl/N-ethyl adjacent to an activating group) is 2. The highest BCUT2D eigenvalue weighted by atomic mass is 16.5. The van der Waals surface area contributed by atoms with E-state index in [-0.39, 0.29) is 0 Å². The van der Waals surface area contributed by atoms with Crippen molar-refractivity contribution in [3.8, 4) is 0 Å². The third kappa shape index (κ3) is 18.1. The minimum atomic E-state index is 0.871. The zero-order valence-corrected chi connectivity index (χ0v) is 16.6. The molecule has 0 bridgehead atoms. The molecule has 0 aromatic rings. The molecule has 0 aromatic carbocycles. The van der Waals surface area contributed by atoms with E-state index in [0.29, 0.717) is 0 Å². The van der Waals surface area contributed by atoms with Gasteiger partial charge >= 0.3 is 0 Å². The van der Waals surface area contributed by atoms with E-state index in [1.807, 2.05) is 0 Å². The largest absolute Gasteiger partial charge is 0.379 e. The number of hydrogen-bond donors (Lipinski definition) is 0. The second kappa shape index (κ2) is 18.2. The Balaban J connectivity index is 3.26. The molecule has 140 valence electrons. The fraction of sp³-hybridized carbons (Fsp3) is 1.00. The Hall–Kier alpha value is -0.120. The van der Waals surface area contributed by atoms with Crippen LogP contribution in [0.5, 0.6) is 0 Å². The predicted octanol–water partition coefficient (Wildman–Crippen LogP) is 4.81. The van der Waals surface area contributed by atoms with Crippen LogP contribution in [0.15, 0.2) is 0 Å². The van der Waals surface area contributed by atoms with Crippen molar-refractivity contribution < 1.29 is 4.74 Å². The summed E-state index contributed by atoms with van der Waals surface area (Å²) in [6.07, 6.45) is 13.6. The van der Waals surface area contributed by atoms with Crippen molar-refractivity contribution in [1.29, 1.82) is 0 Å². The molecule has 0 aromatic heterocycles. The molecule has 0 unspecified atom stereocenters. The second-order valence-electron chi connectivity index (χ2n) is 7.05. The maximum absolute atomic E-state index is 5.78. The van der Waals surface area contributed by atoms with Crippen LogP contribution in [0.3, 0.4) is 0 Å². The molecule has 0 radical (unpaired) electrons. The molecular weight excluding hydrogens is 284 g/mol. The first-order valence-electron chi connectivity index (χ1n) is 10.2. The van der Waals surface area contributed by atoms with Gasteiger partial charge in [-0.25, -0.2) is 0 Å². The van der Waals surface area contributed by atoms with Crippen molar-refractivity contribution in [2.75, 3.05) is 53.5 Å². The molecule has 0 aliphatic carbocycles. The molecule has 0 rings (SSSR count). The number of ether oxygens (including phenoxy) is 1. The molecule has 0 atom stereocenters. The van der Waals surface area contributed by atoms with Crippen molar-refractivity contribution in [3.63, 3.8) is 0 Å². The first-order valence-corrected chi connectivity index (χ1v) is 10.2. The summed E-state index contributed by atoms with van der Waals surface area (Å²) in [5.74, 6) is 0. The highest BCUT2D eigenvalue weighted by molar-refractivity contribution is 4.54. The lowest BCUT2D eigenvalue weighted by atomic mass is 10.1. The third-order valence-electron chi connectivity index (χ3n) is 4.52. The van der Waals surface area contributed by atoms with Gasteiger partial charge in [0.1, 0.15) is 0 Å². The number of nitrogens with zero attached hydrogens (tertiary/aromatic N) is 2. The molecule has 0 heterocycles. The van der Waals surface area contributed by atoms with Crippen LogP contribution in [0, 0.1) is 0 Å². The number of hydrogen-bond acceptors (Lipinski definition) is 3. The van der Waals surface area contributed by atoms with Crippen LogP contribution < -0.4 is 0 Å². The van der Waals surface area contributed by atoms with Gasteiger partial charge in [-0.1, -0.05) is 65.2 Å². The summed E-state index contributed by atoms with van der Waals surface area (Å²) in [6.45, 7) is 10.8. The van der Waals surface area contributed by atoms with Gasteiger partial charge in [0.05, 0.1) is 13.2 Å². The zero-order chi connectivity index (χ0) is 17.2. The summed E-state index contributed by atoms with van der Waals surface area (Å²) >= 11 is 0. The van der Waals surface area contributed by atoms with Crippen molar-refractivity contribution >= 4 is 0 Å². The van der Waals surface area contributed by atoms with E-state index in [1.165, 1.54) is 77.3 Å². The van der Waals surface area contributed by atoms with Gasteiger partial charge in [0, 0.05) is 13.1 Å². The number of rotatable bonds is 18. The van der Waals surface area contributed by atoms with E-state index < -0.39 is 0 Å². The summed E-state index contributed by atoms with van der Waals surface area (Å²) in [5.41, 5.74) is 0. The maximum Gasteiger partial charge on any atom is 0.0593 e. The zero-order valence-electron chi connectivity index (χ0n) is 16.6. The van der Waals surface area contributed by atoms with E-state index in [0.717, 1.165) is 26.3 Å². The lowest BCUT2D eigenvalue weighted by Crippen LogP contribution is -2.27. The standard InChI is InChI=1S/C20H44N2O/c1-5-7-9-11-13-15-21(3)17-19-23-20-18-22(4)16-14-12-10-8-6-2/h5-20H2,1-4H3. The molecule has 0 amide bonds. The van der Waals surface area contributed by atoms with E-state index in [4.69, 9.17) is 4.74 Å². The van der Waals surface area contributed by atoms with Crippen LogP contribution in [0.2, 0.25) is 0 Å². The van der Waals surface area contributed by atoms with Gasteiger partial charge < -0.3 is 14.5 Å². The molecule has 0 N–H and O–H groups in total. The average molecular weight is 329 g/mol. The Kier molecular flexibility index (Phi) is 18.1. The fourth-order valence-electron chi connectivity index (χ4n) is 2.74. The van der Waals surface area contributed by atoms with E-state index >= 15 is 0 Å². The number of unbranched alkanes of at least 4 members (excludes halogenated alkanes) is 8. The van der Waals surface area contributed by atoms with Crippen LogP contribution in [0.25, 0.3) is 0 Å². The summed E-state index contributed by atoms with van der Waals surface area (Å²) < 4.78 is 5.78. The molecule has 0 saturated carbocycles. The van der Waals surface area contributed by atoms with Gasteiger partial charge in [-0.15, -0.1) is 0 Å². The smallest absolute Gasteiger partial charge is 0.0593 e. The second-order valence-corrected chi connectivity index (χ2v) is 7.05. The molecule has 0 fully saturated rings. The first kappa shape index (κ1) is 22.9. The van der Waals surface area contributed by atoms with E-state index in [2.05, 4.69) is 37.7 Å². The van der Waals surface area contributed by atoms with E-state index in [1.54, 1.807) is 0 Å². The minimum Gasteiger partial charge on any atom is -0.379 e. The Morgan fingerprint density at radius 3 is 1.30 bits per heavy atom. The fourth-order valence-corrected chi connectivity index (χ4v) is 2.74. The van der Waals surface area contributed by atoms with Crippen molar-refractivity contribution in [2.24, 2.45) is 0 Å². The van der Waals surface area contributed by atoms with E-state index in [9.17, 15) is 0 Å². The Morgan fingerprint density at radius 1 is 0.522 bits per heavy atom. The normalized spacial score (nSPS) is 11.7. The summed E-state index contributed by atoms with van der Waals surface area (Å²) in [4.78, 5) is 4.81. The van der Waals surface area contributed by atoms with Gasteiger partial charge in [-0.2, -0.15) is 0 Å². The molecule has 0 aliphatic rings.